The summed E-state index contributed by atoms with van der Waals surface area (Å²) in [5, 5.41) is 7.49. The summed E-state index contributed by atoms with van der Waals surface area (Å²) in [7, 11) is 0. The fourth-order valence-electron chi connectivity index (χ4n) is 1.92. The van der Waals surface area contributed by atoms with E-state index in [9.17, 15) is 14.4 Å². The Morgan fingerprint density at radius 1 is 1.39 bits per heavy atom. The van der Waals surface area contributed by atoms with Gasteiger partial charge < -0.3 is 10.6 Å². The topological polar surface area (TPSA) is 117 Å². The van der Waals surface area contributed by atoms with Crippen molar-refractivity contribution in [1.82, 2.24) is 30.5 Å². The number of carbonyl (C=O) groups excluding carboxylic acids is 3. The average Bonchev–Trinajstić information content (AvgIpc) is 3.16. The van der Waals surface area contributed by atoms with Crippen LogP contribution in [0.3, 0.4) is 0 Å². The molecule has 10 heteroatoms. The van der Waals surface area contributed by atoms with Crippen molar-refractivity contribution in [2.45, 2.75) is 6.54 Å². The fraction of sp³-hybridized carbons (Fsp3) is 0.231. The zero-order valence-corrected chi connectivity index (χ0v) is 12.7. The van der Waals surface area contributed by atoms with Crippen LogP contribution in [0.1, 0.15) is 5.69 Å². The van der Waals surface area contributed by atoms with Crippen LogP contribution in [0.2, 0.25) is 0 Å². The van der Waals surface area contributed by atoms with Crippen molar-refractivity contribution < 1.29 is 14.4 Å². The van der Waals surface area contributed by atoms with Gasteiger partial charge >= 0.3 is 6.03 Å². The Morgan fingerprint density at radius 3 is 2.96 bits per heavy atom. The largest absolute Gasteiger partial charge is 0.349 e. The zero-order chi connectivity index (χ0) is 16.2. The Hall–Kier alpha value is -2.88. The third-order valence-electron chi connectivity index (χ3n) is 3.04. The van der Waals surface area contributed by atoms with Gasteiger partial charge in [-0.1, -0.05) is 0 Å². The van der Waals surface area contributed by atoms with Crippen molar-refractivity contribution in [1.29, 1.82) is 0 Å². The molecule has 2 N–H and O–H groups in total. The molecule has 1 fully saturated rings. The molecule has 0 aromatic carbocycles. The van der Waals surface area contributed by atoms with Crippen LogP contribution in [0.5, 0.6) is 0 Å². The average molecular weight is 332 g/mol. The van der Waals surface area contributed by atoms with Crippen molar-refractivity contribution in [3.63, 3.8) is 0 Å². The zero-order valence-electron chi connectivity index (χ0n) is 11.9. The van der Waals surface area contributed by atoms with Crippen molar-refractivity contribution in [2.24, 2.45) is 0 Å². The molecule has 3 heterocycles. The fourth-order valence-corrected chi connectivity index (χ4v) is 2.70. The van der Waals surface area contributed by atoms with Crippen molar-refractivity contribution in [2.75, 3.05) is 13.1 Å². The van der Waals surface area contributed by atoms with E-state index in [-0.39, 0.29) is 19.6 Å². The predicted molar refractivity (Wildman–Crippen MR) is 80.1 cm³/mol. The maximum Gasteiger partial charge on any atom is 0.325 e. The van der Waals surface area contributed by atoms with Gasteiger partial charge in [0, 0.05) is 17.8 Å². The van der Waals surface area contributed by atoms with Crippen LogP contribution in [-0.2, 0) is 16.1 Å². The summed E-state index contributed by atoms with van der Waals surface area (Å²) in [5.74, 6) is -0.840. The Bertz CT molecular complexity index is 731. The highest BCUT2D eigenvalue weighted by molar-refractivity contribution is 7.13. The van der Waals surface area contributed by atoms with Gasteiger partial charge in [0.05, 0.1) is 25.0 Å². The number of hydrogen-bond donors (Lipinski definition) is 2. The molecule has 118 valence electrons. The van der Waals surface area contributed by atoms with Crippen LogP contribution < -0.4 is 10.6 Å². The van der Waals surface area contributed by atoms with Gasteiger partial charge in [0.25, 0.3) is 5.91 Å². The summed E-state index contributed by atoms with van der Waals surface area (Å²) in [6.07, 6.45) is 4.77. The van der Waals surface area contributed by atoms with Crippen LogP contribution in [0, 0.1) is 0 Å². The lowest BCUT2D eigenvalue weighted by Crippen LogP contribution is -2.40. The number of amides is 4. The second kappa shape index (κ2) is 6.48. The Labute approximate surface area is 134 Å². The smallest absolute Gasteiger partial charge is 0.325 e. The molecule has 0 bridgehead atoms. The first kappa shape index (κ1) is 15.0. The minimum atomic E-state index is -0.552. The first-order valence-corrected chi connectivity index (χ1v) is 7.57. The number of carbonyl (C=O) groups is 3. The van der Waals surface area contributed by atoms with Crippen molar-refractivity contribution in [3.05, 3.63) is 29.7 Å². The number of thiazole rings is 1. The maximum absolute atomic E-state index is 11.8. The molecule has 9 nitrogen and oxygen atoms in total. The third-order valence-corrected chi connectivity index (χ3v) is 3.95. The molecule has 4 amide bonds. The van der Waals surface area contributed by atoms with Crippen LogP contribution in [0.25, 0.3) is 10.7 Å². The first-order valence-electron chi connectivity index (χ1n) is 6.69. The van der Waals surface area contributed by atoms with Crippen LogP contribution >= 0.6 is 11.3 Å². The van der Waals surface area contributed by atoms with Gasteiger partial charge in [-0.05, 0) is 0 Å². The summed E-state index contributed by atoms with van der Waals surface area (Å²) in [5.41, 5.74) is 1.33. The molecule has 0 radical (unpaired) electrons. The highest BCUT2D eigenvalue weighted by Crippen LogP contribution is 2.20. The van der Waals surface area contributed by atoms with Gasteiger partial charge in [-0.15, -0.1) is 11.3 Å². The van der Waals surface area contributed by atoms with Gasteiger partial charge in [0.1, 0.15) is 17.2 Å². The molecule has 0 spiro atoms. The maximum atomic E-state index is 11.8. The van der Waals surface area contributed by atoms with Crippen molar-refractivity contribution in [3.8, 4) is 10.7 Å². The number of hydrogen-bond acceptors (Lipinski definition) is 7. The second-order valence-electron chi connectivity index (χ2n) is 4.65. The van der Waals surface area contributed by atoms with E-state index in [4.69, 9.17) is 0 Å². The molecule has 0 unspecified atom stereocenters. The normalized spacial score (nSPS) is 14.0. The molecule has 3 rings (SSSR count). The molecular formula is C13H12N6O3S. The molecule has 2 aromatic heterocycles. The van der Waals surface area contributed by atoms with E-state index < -0.39 is 17.8 Å². The number of nitrogens with zero attached hydrogens (tertiary/aromatic N) is 4. The number of nitrogens with one attached hydrogen (secondary N) is 2. The predicted octanol–water partition coefficient (Wildman–Crippen LogP) is -0.232. The quantitative estimate of drug-likeness (QED) is 0.730. The molecule has 1 aliphatic rings. The second-order valence-corrected chi connectivity index (χ2v) is 5.51. The number of aromatic nitrogens is 3. The summed E-state index contributed by atoms with van der Waals surface area (Å²) in [6, 6.07) is -0.552. The van der Waals surface area contributed by atoms with Gasteiger partial charge in [-0.3, -0.25) is 24.5 Å². The highest BCUT2D eigenvalue weighted by atomic mass is 32.1. The molecule has 2 aromatic rings. The van der Waals surface area contributed by atoms with E-state index in [0.29, 0.717) is 16.4 Å². The minimum absolute atomic E-state index is 0.0698. The lowest BCUT2D eigenvalue weighted by atomic mass is 10.4. The van der Waals surface area contributed by atoms with Crippen LogP contribution in [-0.4, -0.2) is 50.8 Å². The van der Waals surface area contributed by atoms with E-state index in [0.717, 1.165) is 4.90 Å². The van der Waals surface area contributed by atoms with E-state index >= 15 is 0 Å². The Kier molecular flexibility index (Phi) is 4.24. The SMILES string of the molecule is O=C(CN1C(=O)CNC1=O)NCc1csc(-c2cnccn2)n1. The van der Waals surface area contributed by atoms with E-state index in [1.807, 2.05) is 0 Å². The van der Waals surface area contributed by atoms with Crippen LogP contribution in [0.15, 0.2) is 24.0 Å². The molecule has 1 saturated heterocycles. The van der Waals surface area contributed by atoms with E-state index in [2.05, 4.69) is 25.6 Å². The summed E-state index contributed by atoms with van der Waals surface area (Å²) < 4.78 is 0. The Balaban J connectivity index is 1.54. The Morgan fingerprint density at radius 2 is 2.26 bits per heavy atom. The van der Waals surface area contributed by atoms with Crippen molar-refractivity contribution >= 4 is 29.2 Å². The number of rotatable bonds is 5. The summed E-state index contributed by atoms with van der Waals surface area (Å²) in [4.78, 5) is 47.9. The number of imide groups is 1. The number of urea groups is 1. The minimum Gasteiger partial charge on any atom is -0.349 e. The van der Waals surface area contributed by atoms with Crippen LogP contribution in [0.4, 0.5) is 4.79 Å². The molecule has 0 saturated carbocycles. The van der Waals surface area contributed by atoms with Gasteiger partial charge in [-0.25, -0.2) is 9.78 Å². The third kappa shape index (κ3) is 3.48. The summed E-state index contributed by atoms with van der Waals surface area (Å²) in [6.45, 7) is -0.162. The molecule has 0 atom stereocenters. The first-order chi connectivity index (χ1) is 11.1. The molecule has 0 aliphatic carbocycles. The standard InChI is InChI=1S/C13H12N6O3S/c20-10(6-19-11(21)5-17-13(19)22)16-3-8-7-23-12(18-8)9-4-14-1-2-15-9/h1-2,4,7H,3,5-6H2,(H,16,20)(H,17,22). The lowest BCUT2D eigenvalue weighted by molar-refractivity contribution is -0.130. The van der Waals surface area contributed by atoms with Gasteiger partial charge in [0.15, 0.2) is 0 Å². The monoisotopic (exact) mass is 332 g/mol. The lowest BCUT2D eigenvalue weighted by Gasteiger charge is -2.11. The van der Waals surface area contributed by atoms with E-state index in [1.54, 1.807) is 24.0 Å². The summed E-state index contributed by atoms with van der Waals surface area (Å²) >= 11 is 1.39. The molecular weight excluding hydrogens is 320 g/mol. The molecule has 23 heavy (non-hydrogen) atoms. The highest BCUT2D eigenvalue weighted by Gasteiger charge is 2.29. The van der Waals surface area contributed by atoms with Gasteiger partial charge in [0.2, 0.25) is 5.91 Å². The van der Waals surface area contributed by atoms with E-state index in [1.165, 1.54) is 11.3 Å². The molecule has 1 aliphatic heterocycles. The van der Waals surface area contributed by atoms with Gasteiger partial charge in [-0.2, -0.15) is 0 Å².